The van der Waals surface area contributed by atoms with Gasteiger partial charge in [0.25, 0.3) is 0 Å². The summed E-state index contributed by atoms with van der Waals surface area (Å²) in [7, 11) is 3.55. The lowest BCUT2D eigenvalue weighted by molar-refractivity contribution is -0.127. The third kappa shape index (κ3) is 17.5. The molecule has 656 valence electrons. The van der Waals surface area contributed by atoms with Crippen LogP contribution in [0, 0.1) is 17.6 Å². The van der Waals surface area contributed by atoms with Gasteiger partial charge < -0.3 is 67.5 Å². The number of hydrogen-bond acceptors (Lipinski definition) is 28. The fourth-order valence-electron chi connectivity index (χ4n) is 16.7. The molecule has 6 fully saturated rings. The fourth-order valence-corrected chi connectivity index (χ4v) is 17.5. The minimum Gasteiger partial charge on any atom is -0.458 e. The Morgan fingerprint density at radius 3 is 1.36 bits per heavy atom. The van der Waals surface area contributed by atoms with Crippen molar-refractivity contribution in [2.24, 2.45) is 5.92 Å². The highest BCUT2D eigenvalue weighted by molar-refractivity contribution is 6.44. The van der Waals surface area contributed by atoms with Crippen molar-refractivity contribution < 1.29 is 60.4 Å². The topological polar surface area (TPSA) is 347 Å². The molecule has 1 aliphatic carbocycles. The minimum absolute atomic E-state index is 0.00171. The lowest BCUT2D eigenvalue weighted by atomic mass is 9.98. The number of H-pyrrole nitrogens is 3. The Morgan fingerprint density at radius 2 is 0.929 bits per heavy atom. The van der Waals surface area contributed by atoms with Crippen LogP contribution in [-0.2, 0) is 32.1 Å². The molecule has 9 aromatic heterocycles. The van der Waals surface area contributed by atoms with Gasteiger partial charge in [-0.1, -0.05) is 85.2 Å². The van der Waals surface area contributed by atoms with E-state index in [4.69, 9.17) is 109 Å². The van der Waals surface area contributed by atoms with Crippen LogP contribution in [0.1, 0.15) is 35.0 Å². The van der Waals surface area contributed by atoms with E-state index in [0.29, 0.717) is 179 Å². The Labute approximate surface area is 749 Å². The number of nitrogens with one attached hydrogen (secondary N) is 3. The molecule has 1 saturated carbocycles. The first-order chi connectivity index (χ1) is 62.8. The van der Waals surface area contributed by atoms with Crippen LogP contribution in [0.5, 0.6) is 58.7 Å². The molecule has 5 saturated heterocycles. The summed E-state index contributed by atoms with van der Waals surface area (Å²) >= 11 is 25.7. The molecule has 13 aromatic rings. The smallest absolute Gasteiger partial charge is 0.324 e. The average Bonchev–Trinajstić information content (AvgIpc) is 0.890. The zero-order chi connectivity index (χ0) is 90.5. The van der Waals surface area contributed by atoms with Crippen LogP contribution in [-0.4, -0.2) is 279 Å². The standard InChI is InChI=1S/C33H30ClFN8O3.C27H28Cl2N8O3.C27H28ClFN8O4/c1-2-27(44)41-12-14-42(15-13-41)31-22-8-10-36-32(46-30-23-17-37-40-25(23)16-24(35)28(30)34)29(22)38-33(39-31)45-26-5-3-4-19-18-43(20-6-7-20)11-9-21(19)26;1-4-21(38)36-7-9-37(10-8-36)25-16-5-6-30-26(40-24-17-12-31-34-19(17)11-18(28)22(24)29)23(16)32-27(33-25)39-20-14-35(3)13-15(20)2;1-4-21(38)36-7-9-37(10-8-36)25-15-5-6-30-26(41-24-16-12-31-34-18(16)11-17(29)22(24)28)23(15)32-27(33-25)40-20-14-35(2)13-19(20)39-3/h2-5,8,10,16-17,20H,1,6-7,9,11-15,18H2,(H,37,40);4-6,11-12,15,20H,1,7-10,13-14H2,2-3H3,(H,31,34);4-6,11-12,19-20H,1,7-10,13-14H2,2-3H3,(H,31,34)/t;15-,20?;19-,20-/m.11/s1/i;;2D3. The third-order valence-corrected chi connectivity index (χ3v) is 24.9. The quantitative estimate of drug-likeness (QED) is 0.0597. The molecule has 127 heavy (non-hydrogen) atoms. The zero-order valence-corrected chi connectivity index (χ0v) is 72.0. The molecule has 0 bridgehead atoms. The number of halogens is 6. The summed E-state index contributed by atoms with van der Waals surface area (Å²) in [6.07, 6.45) is 15.4. The van der Waals surface area contributed by atoms with Gasteiger partial charge in [0.1, 0.15) is 84.8 Å². The van der Waals surface area contributed by atoms with Gasteiger partial charge in [0, 0.05) is 177 Å². The maximum absolute atomic E-state index is 14.8. The summed E-state index contributed by atoms with van der Waals surface area (Å²) in [5.74, 6) is 1.81. The van der Waals surface area contributed by atoms with E-state index >= 15 is 0 Å². The second-order valence-electron chi connectivity index (χ2n) is 31.5. The fraction of sp³-hybridized carbons (Fsp3) is 0.345. The number of nitrogens with zero attached hydrogens (tertiary/aromatic N) is 21. The van der Waals surface area contributed by atoms with Crippen LogP contribution in [0.25, 0.3) is 65.4 Å². The summed E-state index contributed by atoms with van der Waals surface area (Å²) in [4.78, 5) is 96.1. The maximum Gasteiger partial charge on any atom is 0.324 e. The van der Waals surface area contributed by atoms with E-state index in [0.717, 1.165) is 43.5 Å². The maximum atomic E-state index is 14.8. The van der Waals surface area contributed by atoms with Crippen LogP contribution in [0.2, 0.25) is 20.1 Å². The van der Waals surface area contributed by atoms with E-state index in [1.54, 1.807) is 51.5 Å². The first-order valence-corrected chi connectivity index (χ1v) is 42.7. The van der Waals surface area contributed by atoms with Gasteiger partial charge in [0.05, 0.1) is 72.5 Å². The third-order valence-electron chi connectivity index (χ3n) is 23.5. The molecule has 0 radical (unpaired) electrons. The molecule has 4 atom stereocenters. The molecule has 6 aliphatic heterocycles. The normalized spacial score (nSPS) is 19.2. The number of methoxy groups -OCH3 is 1. The summed E-state index contributed by atoms with van der Waals surface area (Å²) in [5, 5.41) is 24.1. The van der Waals surface area contributed by atoms with Gasteiger partial charge in [0.15, 0.2) is 17.2 Å². The number of aromatic nitrogens is 15. The number of fused-ring (bicyclic) bond motifs is 7. The first-order valence-electron chi connectivity index (χ1n) is 42.6. The molecule has 40 heteroatoms. The van der Waals surface area contributed by atoms with E-state index in [9.17, 15) is 23.2 Å². The molecule has 0 spiro atoms. The lowest BCUT2D eigenvalue weighted by Gasteiger charge is -2.35. The zero-order valence-electron chi connectivity index (χ0n) is 72.0. The van der Waals surface area contributed by atoms with Gasteiger partial charge in [-0.2, -0.15) is 45.2 Å². The van der Waals surface area contributed by atoms with Crippen molar-refractivity contribution in [1.29, 1.82) is 0 Å². The Morgan fingerprint density at radius 1 is 0.504 bits per heavy atom. The Hall–Kier alpha value is -12.6. The number of carbonyl (C=O) groups is 3. The Balaban J connectivity index is 0.000000132. The van der Waals surface area contributed by atoms with Gasteiger partial charge in [0.2, 0.25) is 35.4 Å². The van der Waals surface area contributed by atoms with Gasteiger partial charge in [-0.05, 0) is 87.4 Å². The number of likely N-dealkylation sites (tertiary alicyclic amines) is 2. The number of rotatable bonds is 20. The monoisotopic (exact) mass is 1810 g/mol. The SMILES string of the molecule is C=CC(=O)N1CCN(c2nc(OC3CN(C)C[C@H]3C)nc3c(Oc4c(Cl)c(Cl)cc5[nH]ncc45)nccc23)CC1.C=CC(=O)N1CCN(c2nc(Oc3cccc4c3CCN(C3CC3)C4)nc3c(Oc4c(Cl)c(F)cc5[nH]ncc45)nccc23)CC1.[2H]C([2H])([2H])N1C[C@@H](OC)[C@H](Oc2nc(N3CCN(C(=O)C=C)CC3)c3ccnc(Oc4c(Cl)c(F)cc5[nH]ncc45)c3n2)C1. The number of ether oxygens (including phenoxy) is 7. The van der Waals surface area contributed by atoms with Crippen molar-refractivity contribution in [2.45, 2.75) is 57.1 Å². The van der Waals surface area contributed by atoms with E-state index < -0.39 is 30.8 Å². The van der Waals surface area contributed by atoms with Crippen molar-refractivity contribution in [2.75, 3.05) is 147 Å². The molecule has 1 unspecified atom stereocenters. The molecular weight excluding hydrogens is 1720 g/mol. The molecule has 7 aliphatic rings. The van der Waals surface area contributed by atoms with Crippen molar-refractivity contribution in [3.8, 4) is 58.7 Å². The number of benzene rings is 4. The number of hydrogen-bond donors (Lipinski definition) is 3. The van der Waals surface area contributed by atoms with E-state index in [1.807, 2.05) is 23.1 Å². The summed E-state index contributed by atoms with van der Waals surface area (Å²) in [6.45, 7) is 20.5. The highest BCUT2D eigenvalue weighted by Crippen LogP contribution is 2.47. The predicted molar refractivity (Wildman–Crippen MR) is 475 cm³/mol. The number of amides is 3. The molecule has 34 nitrogen and oxygen atoms in total. The largest absolute Gasteiger partial charge is 0.458 e. The second-order valence-corrected chi connectivity index (χ2v) is 33.1. The van der Waals surface area contributed by atoms with Gasteiger partial charge in [-0.25, -0.2) is 23.7 Å². The molecule has 3 amide bonds. The van der Waals surface area contributed by atoms with Crippen LogP contribution in [0.4, 0.5) is 26.2 Å². The number of aromatic amines is 3. The summed E-state index contributed by atoms with van der Waals surface area (Å²) in [5.41, 5.74) is 4.96. The van der Waals surface area contributed by atoms with Gasteiger partial charge in [-0.15, -0.1) is 0 Å². The first kappa shape index (κ1) is 81.5. The van der Waals surface area contributed by atoms with Crippen molar-refractivity contribution in [3.05, 3.63) is 173 Å². The number of likely N-dealkylation sites (N-methyl/N-ethyl adjacent to an activating group) is 2. The highest BCUT2D eigenvalue weighted by atomic mass is 35.5. The second kappa shape index (κ2) is 36.4. The molecule has 3 N–H and O–H groups in total. The van der Waals surface area contributed by atoms with Crippen LogP contribution >= 0.6 is 46.4 Å². The number of piperazine rings is 3. The minimum atomic E-state index is -2.33. The number of carbonyl (C=O) groups excluding carboxylic acids is 3. The van der Waals surface area contributed by atoms with Crippen molar-refractivity contribution in [1.82, 2.24) is 105 Å². The van der Waals surface area contributed by atoms with E-state index in [-0.39, 0.29) is 105 Å². The lowest BCUT2D eigenvalue weighted by Crippen LogP contribution is -2.48. The summed E-state index contributed by atoms with van der Waals surface area (Å²) in [6, 6.07) is 16.6. The van der Waals surface area contributed by atoms with Gasteiger partial charge >= 0.3 is 18.0 Å². The summed E-state index contributed by atoms with van der Waals surface area (Å²) < 4.78 is 96.2. The van der Waals surface area contributed by atoms with Crippen LogP contribution in [0.15, 0.2) is 130 Å². The Bertz CT molecular complexity index is 6580. The van der Waals surface area contributed by atoms with E-state index in [2.05, 4.69) is 110 Å². The molecule has 15 heterocycles. The van der Waals surface area contributed by atoms with E-state index in [1.165, 1.54) is 79.4 Å². The molecular formula is C87H86Cl4F2N24O10. The average molecular weight is 1810 g/mol. The number of pyridine rings is 3. The Kier molecular flexibility index (Phi) is 23.4. The van der Waals surface area contributed by atoms with Crippen LogP contribution in [0.3, 0.4) is 0 Å². The number of anilines is 3. The molecule has 20 rings (SSSR count). The highest BCUT2D eigenvalue weighted by Gasteiger charge is 2.38. The predicted octanol–water partition coefficient (Wildman–Crippen LogP) is 12.8. The van der Waals surface area contributed by atoms with Crippen LogP contribution < -0.4 is 43.1 Å². The van der Waals surface area contributed by atoms with Crippen molar-refractivity contribution >= 4 is 147 Å². The van der Waals surface area contributed by atoms with Gasteiger partial charge in [-0.3, -0.25) is 39.5 Å². The molecule has 4 aromatic carbocycles. The van der Waals surface area contributed by atoms with Crippen molar-refractivity contribution in [3.63, 3.8) is 0 Å².